The number of hydrogen-bond acceptors (Lipinski definition) is 5. The summed E-state index contributed by atoms with van der Waals surface area (Å²) in [5, 5.41) is 7.85. The van der Waals surface area contributed by atoms with Crippen LogP contribution in [0.25, 0.3) is 0 Å². The fourth-order valence-corrected chi connectivity index (χ4v) is 2.89. The molecule has 0 spiro atoms. The molecule has 1 fully saturated rings. The minimum atomic E-state index is -0.511. The summed E-state index contributed by atoms with van der Waals surface area (Å²) in [6.07, 6.45) is 4.14. The van der Waals surface area contributed by atoms with Crippen molar-refractivity contribution >= 4 is 5.97 Å². The van der Waals surface area contributed by atoms with Gasteiger partial charge in [-0.25, -0.2) is 4.79 Å². The molecular formula is C17H30N4O2. The van der Waals surface area contributed by atoms with Crippen molar-refractivity contribution in [3.05, 3.63) is 17.5 Å². The Morgan fingerprint density at radius 1 is 1.43 bits per heavy atom. The van der Waals surface area contributed by atoms with Crippen molar-refractivity contribution in [2.24, 2.45) is 7.05 Å². The van der Waals surface area contributed by atoms with E-state index in [1.807, 2.05) is 34.0 Å². The van der Waals surface area contributed by atoms with Crippen LogP contribution in [-0.4, -0.2) is 51.9 Å². The number of aromatic nitrogens is 2. The average Bonchev–Trinajstić information content (AvgIpc) is 2.79. The Kier molecular flexibility index (Phi) is 5.47. The lowest BCUT2D eigenvalue weighted by Gasteiger charge is -2.35. The fraction of sp³-hybridized carbons (Fsp3) is 0.765. The number of carbonyl (C=O) groups is 1. The number of carbonyl (C=O) groups excluding carboxylic acids is 1. The standard InChI is InChI=1S/C17H30N4O2/c1-12-9-14(7-8-20(12)5)18-10-13-11-21(6)19-15(13)16(22)23-17(2,3)4/h11-12,14,18H,7-10H2,1-6H3/t12-,14+/m0/s1. The molecule has 23 heavy (non-hydrogen) atoms. The summed E-state index contributed by atoms with van der Waals surface area (Å²) >= 11 is 0. The molecule has 0 aromatic carbocycles. The van der Waals surface area contributed by atoms with Gasteiger partial charge in [-0.15, -0.1) is 0 Å². The first-order valence-corrected chi connectivity index (χ1v) is 8.35. The summed E-state index contributed by atoms with van der Waals surface area (Å²) in [5.41, 5.74) is 0.798. The molecule has 1 aromatic rings. The average molecular weight is 322 g/mol. The van der Waals surface area contributed by atoms with E-state index in [0.29, 0.717) is 24.3 Å². The predicted molar refractivity (Wildman–Crippen MR) is 90.3 cm³/mol. The van der Waals surface area contributed by atoms with E-state index in [2.05, 4.69) is 29.3 Å². The normalized spacial score (nSPS) is 23.0. The number of hydrogen-bond donors (Lipinski definition) is 1. The van der Waals surface area contributed by atoms with E-state index in [4.69, 9.17) is 4.74 Å². The van der Waals surface area contributed by atoms with Crippen molar-refractivity contribution in [1.82, 2.24) is 20.0 Å². The first-order chi connectivity index (χ1) is 10.7. The number of nitrogens with one attached hydrogen (secondary N) is 1. The number of rotatable bonds is 4. The molecule has 6 heteroatoms. The first kappa shape index (κ1) is 17.9. The van der Waals surface area contributed by atoms with Gasteiger partial charge in [0.15, 0.2) is 5.69 Å². The van der Waals surface area contributed by atoms with Crippen molar-refractivity contribution in [3.63, 3.8) is 0 Å². The van der Waals surface area contributed by atoms with E-state index >= 15 is 0 Å². The highest BCUT2D eigenvalue weighted by atomic mass is 16.6. The number of piperidine rings is 1. The smallest absolute Gasteiger partial charge is 0.359 e. The molecule has 1 aliphatic rings. The van der Waals surface area contributed by atoms with Gasteiger partial charge in [-0.3, -0.25) is 4.68 Å². The number of esters is 1. The van der Waals surface area contributed by atoms with E-state index in [0.717, 1.165) is 24.9 Å². The van der Waals surface area contributed by atoms with Crippen molar-refractivity contribution in [2.75, 3.05) is 13.6 Å². The highest BCUT2D eigenvalue weighted by molar-refractivity contribution is 5.89. The van der Waals surface area contributed by atoms with E-state index in [9.17, 15) is 4.79 Å². The Morgan fingerprint density at radius 2 is 2.13 bits per heavy atom. The first-order valence-electron chi connectivity index (χ1n) is 8.35. The van der Waals surface area contributed by atoms with E-state index < -0.39 is 5.60 Å². The fourth-order valence-electron chi connectivity index (χ4n) is 2.89. The van der Waals surface area contributed by atoms with Crippen LogP contribution in [-0.2, 0) is 18.3 Å². The van der Waals surface area contributed by atoms with Crippen LogP contribution in [0.3, 0.4) is 0 Å². The molecule has 2 heterocycles. The monoisotopic (exact) mass is 322 g/mol. The van der Waals surface area contributed by atoms with Crippen LogP contribution >= 0.6 is 0 Å². The molecule has 0 unspecified atom stereocenters. The van der Waals surface area contributed by atoms with Gasteiger partial charge in [0, 0.05) is 37.4 Å². The Hall–Kier alpha value is -1.40. The quantitative estimate of drug-likeness (QED) is 0.859. The molecule has 1 aliphatic heterocycles. The summed E-state index contributed by atoms with van der Waals surface area (Å²) < 4.78 is 7.13. The summed E-state index contributed by atoms with van der Waals surface area (Å²) in [4.78, 5) is 14.7. The van der Waals surface area contributed by atoms with Gasteiger partial charge in [-0.2, -0.15) is 5.10 Å². The number of likely N-dealkylation sites (tertiary alicyclic amines) is 1. The topological polar surface area (TPSA) is 59.4 Å². The second-order valence-electron chi connectivity index (χ2n) is 7.61. The minimum absolute atomic E-state index is 0.355. The molecule has 0 bridgehead atoms. The van der Waals surface area contributed by atoms with Gasteiger partial charge >= 0.3 is 5.97 Å². The van der Waals surface area contributed by atoms with Gasteiger partial charge in [0.1, 0.15) is 5.60 Å². The van der Waals surface area contributed by atoms with Crippen molar-refractivity contribution in [2.45, 2.75) is 64.8 Å². The lowest BCUT2D eigenvalue weighted by molar-refractivity contribution is 0.00606. The Bertz CT molecular complexity index is 547. The maximum absolute atomic E-state index is 12.3. The van der Waals surface area contributed by atoms with Crippen molar-refractivity contribution in [3.8, 4) is 0 Å². The molecule has 2 rings (SSSR count). The van der Waals surface area contributed by atoms with Crippen LogP contribution in [0.15, 0.2) is 6.20 Å². The van der Waals surface area contributed by atoms with Gasteiger partial charge in [-0.05, 0) is 54.1 Å². The van der Waals surface area contributed by atoms with Gasteiger partial charge in [0.05, 0.1) is 0 Å². The summed E-state index contributed by atoms with van der Waals surface area (Å²) in [6, 6.07) is 1.06. The van der Waals surface area contributed by atoms with Crippen LogP contribution in [0.1, 0.15) is 56.6 Å². The molecule has 2 atom stereocenters. The summed E-state index contributed by atoms with van der Waals surface area (Å²) in [7, 11) is 4.00. The van der Waals surface area contributed by atoms with E-state index in [-0.39, 0.29) is 5.97 Å². The predicted octanol–water partition coefficient (Wildman–Crippen LogP) is 1.95. The Balaban J connectivity index is 1.99. The van der Waals surface area contributed by atoms with E-state index in [1.165, 1.54) is 0 Å². The lowest BCUT2D eigenvalue weighted by atomic mass is 9.99. The lowest BCUT2D eigenvalue weighted by Crippen LogP contribution is -2.45. The van der Waals surface area contributed by atoms with Crippen LogP contribution in [0.4, 0.5) is 0 Å². The summed E-state index contributed by atoms with van der Waals surface area (Å²) in [5.74, 6) is -0.355. The number of nitrogens with zero attached hydrogens (tertiary/aromatic N) is 3. The minimum Gasteiger partial charge on any atom is -0.455 e. The van der Waals surface area contributed by atoms with Crippen LogP contribution in [0, 0.1) is 0 Å². The van der Waals surface area contributed by atoms with Crippen molar-refractivity contribution in [1.29, 1.82) is 0 Å². The zero-order chi connectivity index (χ0) is 17.2. The van der Waals surface area contributed by atoms with Crippen LogP contribution in [0.2, 0.25) is 0 Å². The van der Waals surface area contributed by atoms with Gasteiger partial charge in [0.25, 0.3) is 0 Å². The highest BCUT2D eigenvalue weighted by Crippen LogP contribution is 2.18. The zero-order valence-corrected chi connectivity index (χ0v) is 15.2. The third-order valence-corrected chi connectivity index (χ3v) is 4.29. The Labute approximate surface area is 139 Å². The highest BCUT2D eigenvalue weighted by Gasteiger charge is 2.25. The molecule has 0 radical (unpaired) electrons. The third-order valence-electron chi connectivity index (χ3n) is 4.29. The zero-order valence-electron chi connectivity index (χ0n) is 15.2. The van der Waals surface area contributed by atoms with Crippen molar-refractivity contribution < 1.29 is 9.53 Å². The molecule has 6 nitrogen and oxygen atoms in total. The molecule has 1 aromatic heterocycles. The second kappa shape index (κ2) is 7.01. The number of aryl methyl sites for hydroxylation is 1. The molecule has 0 amide bonds. The largest absolute Gasteiger partial charge is 0.455 e. The van der Waals surface area contributed by atoms with Gasteiger partial charge < -0.3 is 15.0 Å². The molecular weight excluding hydrogens is 292 g/mol. The number of ether oxygens (including phenoxy) is 1. The molecule has 130 valence electrons. The molecule has 0 aliphatic carbocycles. The van der Waals surface area contributed by atoms with Crippen LogP contribution < -0.4 is 5.32 Å². The molecule has 0 saturated carbocycles. The Morgan fingerprint density at radius 3 is 2.74 bits per heavy atom. The summed E-state index contributed by atoms with van der Waals surface area (Å²) in [6.45, 7) is 9.60. The van der Waals surface area contributed by atoms with Gasteiger partial charge in [-0.1, -0.05) is 0 Å². The second-order valence-corrected chi connectivity index (χ2v) is 7.61. The van der Waals surface area contributed by atoms with Gasteiger partial charge in [0.2, 0.25) is 0 Å². The maximum atomic E-state index is 12.3. The molecule has 1 saturated heterocycles. The van der Waals surface area contributed by atoms with Crippen LogP contribution in [0.5, 0.6) is 0 Å². The SMILES string of the molecule is C[C@H]1C[C@H](NCc2cn(C)nc2C(=O)OC(C)(C)C)CCN1C. The van der Waals surface area contributed by atoms with E-state index in [1.54, 1.807) is 4.68 Å². The molecule has 1 N–H and O–H groups in total. The maximum Gasteiger partial charge on any atom is 0.359 e. The third kappa shape index (κ3) is 5.04.